The van der Waals surface area contributed by atoms with Crippen molar-refractivity contribution in [2.24, 2.45) is 5.92 Å². The van der Waals surface area contributed by atoms with Crippen LogP contribution in [0.3, 0.4) is 0 Å². The zero-order valence-corrected chi connectivity index (χ0v) is 25.0. The monoisotopic (exact) mass is 594 g/mol. The summed E-state index contributed by atoms with van der Waals surface area (Å²) in [5.74, 6) is -1.46. The molecule has 4 aromatic carbocycles. The van der Waals surface area contributed by atoms with Gasteiger partial charge in [0.1, 0.15) is 13.2 Å². The maximum absolute atomic E-state index is 13.6. The number of nitrogens with one attached hydrogen (secondary N) is 1. The van der Waals surface area contributed by atoms with Gasteiger partial charge in [0.15, 0.2) is 12.1 Å². The Hall–Kier alpha value is -4.95. The first kappa shape index (κ1) is 32.0. The van der Waals surface area contributed by atoms with Crippen molar-refractivity contribution >= 4 is 18.0 Å². The lowest BCUT2D eigenvalue weighted by molar-refractivity contribution is -0.155. The van der Waals surface area contributed by atoms with Gasteiger partial charge in [0.05, 0.1) is 6.54 Å². The molecule has 8 nitrogen and oxygen atoms in total. The van der Waals surface area contributed by atoms with Crippen LogP contribution in [0.1, 0.15) is 36.6 Å². The normalized spacial score (nSPS) is 12.2. The maximum Gasteiger partial charge on any atom is 0.337 e. The average molecular weight is 595 g/mol. The molecule has 8 heteroatoms. The van der Waals surface area contributed by atoms with Crippen LogP contribution in [-0.4, -0.2) is 47.2 Å². The highest BCUT2D eigenvalue weighted by Crippen LogP contribution is 2.23. The third-order valence-corrected chi connectivity index (χ3v) is 6.84. The molecular weight excluding hydrogens is 556 g/mol. The van der Waals surface area contributed by atoms with Gasteiger partial charge in [-0.15, -0.1) is 0 Å². The molecule has 0 aliphatic rings. The Balaban J connectivity index is 1.49. The number of hydrogen-bond acceptors (Lipinski definition) is 6. The van der Waals surface area contributed by atoms with Gasteiger partial charge < -0.3 is 24.8 Å². The van der Waals surface area contributed by atoms with E-state index in [1.54, 1.807) is 12.1 Å². The highest BCUT2D eigenvalue weighted by atomic mass is 16.5. The minimum atomic E-state index is -1.57. The van der Waals surface area contributed by atoms with Gasteiger partial charge in [-0.2, -0.15) is 0 Å². The van der Waals surface area contributed by atoms with Crippen molar-refractivity contribution in [3.05, 3.63) is 132 Å². The van der Waals surface area contributed by atoms with Crippen LogP contribution >= 0.6 is 0 Å². The van der Waals surface area contributed by atoms with Gasteiger partial charge in [0.2, 0.25) is 0 Å². The number of ether oxygens (including phenoxy) is 2. The van der Waals surface area contributed by atoms with E-state index in [1.165, 1.54) is 4.90 Å². The molecule has 0 radical (unpaired) electrons. The molecule has 0 aromatic heterocycles. The summed E-state index contributed by atoms with van der Waals surface area (Å²) >= 11 is 0. The topological polar surface area (TPSA) is 105 Å². The zero-order valence-electron chi connectivity index (χ0n) is 25.0. The van der Waals surface area contributed by atoms with Crippen LogP contribution < -0.4 is 5.32 Å². The van der Waals surface area contributed by atoms with Gasteiger partial charge >= 0.3 is 18.0 Å². The van der Waals surface area contributed by atoms with E-state index in [-0.39, 0.29) is 32.2 Å². The Kier molecular flexibility index (Phi) is 11.7. The fourth-order valence-electron chi connectivity index (χ4n) is 4.59. The predicted molar refractivity (Wildman–Crippen MR) is 168 cm³/mol. The van der Waals surface area contributed by atoms with Gasteiger partial charge in [-0.05, 0) is 33.7 Å². The number of aliphatic hydroxyl groups excluding tert-OH is 1. The van der Waals surface area contributed by atoms with E-state index in [2.05, 4.69) is 5.32 Å². The lowest BCUT2D eigenvalue weighted by Crippen LogP contribution is -2.49. The Labute approximate surface area is 258 Å². The molecule has 2 amide bonds. The molecule has 4 rings (SSSR count). The molecule has 0 heterocycles. The van der Waals surface area contributed by atoms with Crippen molar-refractivity contribution in [1.82, 2.24) is 10.2 Å². The zero-order chi connectivity index (χ0) is 31.3. The fraction of sp³-hybridized carbons (Fsp3) is 0.250. The molecule has 0 aliphatic carbocycles. The first-order chi connectivity index (χ1) is 21.3. The number of benzene rings is 4. The molecular formula is C36H38N2O6. The van der Waals surface area contributed by atoms with Crippen LogP contribution in [0.25, 0.3) is 11.1 Å². The van der Waals surface area contributed by atoms with E-state index in [0.29, 0.717) is 5.56 Å². The molecule has 2 N–H and O–H groups in total. The lowest BCUT2D eigenvalue weighted by Gasteiger charge is -2.28. The second-order valence-corrected chi connectivity index (χ2v) is 10.9. The number of carbonyl (C=O) groups is 3. The molecule has 0 aliphatic heterocycles. The van der Waals surface area contributed by atoms with Crippen LogP contribution in [0.4, 0.5) is 4.79 Å². The molecule has 0 saturated heterocycles. The SMILES string of the molecule is CC(C)CN(CC(O)C(=O)OCc1ccccc1)C(=O)N[C@H](C(=O)OCc1ccccc1)c1ccc(-c2ccccc2)cc1. The highest BCUT2D eigenvalue weighted by Gasteiger charge is 2.30. The maximum atomic E-state index is 13.6. The van der Waals surface area contributed by atoms with E-state index < -0.39 is 30.1 Å². The van der Waals surface area contributed by atoms with Crippen LogP contribution in [-0.2, 0) is 32.3 Å². The summed E-state index contributed by atoms with van der Waals surface area (Å²) in [5, 5.41) is 13.4. The standard InChI is InChI=1S/C36H38N2O6/c1-26(2)22-38(23-32(39)34(40)43-24-27-12-6-3-7-13-27)36(42)37-33(35(41)44-25-28-14-8-4-9-15-28)31-20-18-30(19-21-31)29-16-10-5-11-17-29/h3-21,26,32-33,39H,22-25H2,1-2H3,(H,37,42)/t32?,33-/m0/s1. The van der Waals surface area contributed by atoms with E-state index in [0.717, 1.165) is 22.3 Å². The summed E-state index contributed by atoms with van der Waals surface area (Å²) in [4.78, 5) is 40.9. The predicted octanol–water partition coefficient (Wildman–Crippen LogP) is 5.91. The minimum Gasteiger partial charge on any atom is -0.459 e. The van der Waals surface area contributed by atoms with Crippen LogP contribution in [0, 0.1) is 5.92 Å². The third-order valence-electron chi connectivity index (χ3n) is 6.84. The lowest BCUT2D eigenvalue weighted by atomic mass is 10.0. The molecule has 228 valence electrons. The van der Waals surface area contributed by atoms with Crippen molar-refractivity contribution in [2.45, 2.75) is 39.2 Å². The number of esters is 2. The molecule has 44 heavy (non-hydrogen) atoms. The Morgan fingerprint density at radius 2 is 1.14 bits per heavy atom. The summed E-state index contributed by atoms with van der Waals surface area (Å²) in [6.45, 7) is 3.78. The summed E-state index contributed by atoms with van der Waals surface area (Å²) in [7, 11) is 0. The highest BCUT2D eigenvalue weighted by molar-refractivity contribution is 5.85. The molecule has 2 atom stereocenters. The smallest absolute Gasteiger partial charge is 0.337 e. The van der Waals surface area contributed by atoms with Gasteiger partial charge in [-0.25, -0.2) is 14.4 Å². The quantitative estimate of drug-likeness (QED) is 0.187. The Morgan fingerprint density at radius 3 is 1.66 bits per heavy atom. The van der Waals surface area contributed by atoms with Crippen LogP contribution in [0.15, 0.2) is 115 Å². The van der Waals surface area contributed by atoms with E-state index in [4.69, 9.17) is 9.47 Å². The van der Waals surface area contributed by atoms with Gasteiger partial charge in [-0.1, -0.05) is 129 Å². The molecule has 0 spiro atoms. The molecule has 1 unspecified atom stereocenters. The second-order valence-electron chi connectivity index (χ2n) is 10.9. The number of rotatable bonds is 13. The molecule has 0 bridgehead atoms. The molecule has 0 fully saturated rings. The van der Waals surface area contributed by atoms with Crippen molar-refractivity contribution in [3.63, 3.8) is 0 Å². The number of aliphatic hydroxyl groups is 1. The largest absolute Gasteiger partial charge is 0.459 e. The number of nitrogens with zero attached hydrogens (tertiary/aromatic N) is 1. The summed E-state index contributed by atoms with van der Waals surface area (Å²) in [6.07, 6.45) is -1.57. The van der Waals surface area contributed by atoms with Crippen molar-refractivity contribution in [2.75, 3.05) is 13.1 Å². The number of amides is 2. The fourth-order valence-corrected chi connectivity index (χ4v) is 4.59. The first-order valence-corrected chi connectivity index (χ1v) is 14.6. The first-order valence-electron chi connectivity index (χ1n) is 14.6. The van der Waals surface area contributed by atoms with E-state index in [1.807, 2.05) is 117 Å². The minimum absolute atomic E-state index is 0.00140. The van der Waals surface area contributed by atoms with Crippen molar-refractivity contribution in [3.8, 4) is 11.1 Å². The second kappa shape index (κ2) is 16.0. The summed E-state index contributed by atoms with van der Waals surface area (Å²) in [6, 6.07) is 33.8. The third kappa shape index (κ3) is 9.54. The number of urea groups is 1. The van der Waals surface area contributed by atoms with Crippen molar-refractivity contribution < 1.29 is 29.0 Å². The molecule has 0 saturated carbocycles. The summed E-state index contributed by atoms with van der Waals surface area (Å²) < 4.78 is 10.9. The van der Waals surface area contributed by atoms with Crippen LogP contribution in [0.5, 0.6) is 0 Å². The Bertz CT molecular complexity index is 1480. The Morgan fingerprint density at radius 1 is 0.659 bits per heavy atom. The van der Waals surface area contributed by atoms with Crippen molar-refractivity contribution in [1.29, 1.82) is 0 Å². The van der Waals surface area contributed by atoms with Gasteiger partial charge in [0.25, 0.3) is 0 Å². The number of hydrogen-bond donors (Lipinski definition) is 2. The average Bonchev–Trinajstić information content (AvgIpc) is 3.05. The summed E-state index contributed by atoms with van der Waals surface area (Å²) in [5.41, 5.74) is 4.09. The molecule has 4 aromatic rings. The van der Waals surface area contributed by atoms with Crippen LogP contribution in [0.2, 0.25) is 0 Å². The van der Waals surface area contributed by atoms with E-state index >= 15 is 0 Å². The van der Waals surface area contributed by atoms with Gasteiger partial charge in [-0.3, -0.25) is 0 Å². The number of carbonyl (C=O) groups excluding carboxylic acids is 3. The van der Waals surface area contributed by atoms with Gasteiger partial charge in [0, 0.05) is 6.54 Å². The van der Waals surface area contributed by atoms with E-state index in [9.17, 15) is 19.5 Å².